The van der Waals surface area contributed by atoms with E-state index < -0.39 is 36.0 Å². The van der Waals surface area contributed by atoms with Crippen molar-refractivity contribution in [1.29, 1.82) is 0 Å². The number of aliphatic carboxylic acids is 1. The molecule has 1 aromatic carbocycles. The highest BCUT2D eigenvalue weighted by atomic mass is 32.1. The number of carbonyl (C=O) groups is 3. The SMILES string of the molecule is O=C(O)C1OC1C(=O)N[C@@H](Cc1cscn1)C(=O)Nc1nc(-c2ccc(F)cc2)cs1. The predicted molar refractivity (Wildman–Crippen MR) is 110 cm³/mol. The molecule has 1 aliphatic rings. The van der Waals surface area contributed by atoms with Crippen LogP contribution in [0.4, 0.5) is 9.52 Å². The molecule has 0 saturated carbocycles. The predicted octanol–water partition coefficient (Wildman–Crippen LogP) is 1.92. The van der Waals surface area contributed by atoms with Crippen LogP contribution in [0.3, 0.4) is 0 Å². The summed E-state index contributed by atoms with van der Waals surface area (Å²) in [5.74, 6) is -2.82. The van der Waals surface area contributed by atoms with Crippen LogP contribution in [-0.2, 0) is 25.5 Å². The van der Waals surface area contributed by atoms with Gasteiger partial charge >= 0.3 is 5.97 Å². The van der Waals surface area contributed by atoms with E-state index in [9.17, 15) is 18.8 Å². The van der Waals surface area contributed by atoms with Gasteiger partial charge in [-0.1, -0.05) is 0 Å². The molecule has 1 saturated heterocycles. The van der Waals surface area contributed by atoms with Crippen LogP contribution in [0.1, 0.15) is 5.69 Å². The summed E-state index contributed by atoms with van der Waals surface area (Å²) in [6.45, 7) is 0. The number of benzene rings is 1. The average Bonchev–Trinajstić information content (AvgIpc) is 3.15. The summed E-state index contributed by atoms with van der Waals surface area (Å²) in [5.41, 5.74) is 3.46. The Labute approximate surface area is 182 Å². The second-order valence-electron chi connectivity index (χ2n) is 6.59. The molecule has 1 aliphatic heterocycles. The highest BCUT2D eigenvalue weighted by Gasteiger charge is 2.51. The zero-order valence-electron chi connectivity index (χ0n) is 15.6. The summed E-state index contributed by atoms with van der Waals surface area (Å²) in [6, 6.07) is 4.78. The minimum atomic E-state index is -1.24. The molecule has 2 unspecified atom stereocenters. The Morgan fingerprint density at radius 1 is 1.19 bits per heavy atom. The van der Waals surface area contributed by atoms with Gasteiger partial charge in [-0.15, -0.1) is 22.7 Å². The minimum Gasteiger partial charge on any atom is -0.479 e. The lowest BCUT2D eigenvalue weighted by atomic mass is 10.1. The number of carboxylic acid groups (broad SMARTS) is 1. The summed E-state index contributed by atoms with van der Waals surface area (Å²) in [4.78, 5) is 44.5. The summed E-state index contributed by atoms with van der Waals surface area (Å²) in [6.07, 6.45) is -2.23. The molecule has 0 aliphatic carbocycles. The first-order valence-electron chi connectivity index (χ1n) is 8.99. The molecule has 3 N–H and O–H groups in total. The van der Waals surface area contributed by atoms with Gasteiger partial charge in [-0.05, 0) is 24.3 Å². The maximum absolute atomic E-state index is 13.1. The summed E-state index contributed by atoms with van der Waals surface area (Å²) < 4.78 is 17.9. The highest BCUT2D eigenvalue weighted by Crippen LogP contribution is 2.26. The first kappa shape index (κ1) is 21.0. The first-order chi connectivity index (χ1) is 14.9. The first-order valence-corrected chi connectivity index (χ1v) is 10.8. The van der Waals surface area contributed by atoms with Gasteiger partial charge in [0.25, 0.3) is 5.91 Å². The van der Waals surface area contributed by atoms with Crippen LogP contribution in [0, 0.1) is 5.82 Å². The van der Waals surface area contributed by atoms with Crippen molar-refractivity contribution < 1.29 is 28.6 Å². The fourth-order valence-corrected chi connectivity index (χ4v) is 4.08. The van der Waals surface area contributed by atoms with Crippen LogP contribution in [0.5, 0.6) is 0 Å². The van der Waals surface area contributed by atoms with E-state index in [1.54, 1.807) is 28.4 Å². The van der Waals surface area contributed by atoms with Crippen molar-refractivity contribution in [3.63, 3.8) is 0 Å². The molecule has 3 aromatic rings. The van der Waals surface area contributed by atoms with Crippen molar-refractivity contribution in [3.8, 4) is 11.3 Å². The summed E-state index contributed by atoms with van der Waals surface area (Å²) >= 11 is 2.52. The van der Waals surface area contributed by atoms with E-state index in [0.717, 1.165) is 0 Å². The van der Waals surface area contributed by atoms with Crippen LogP contribution in [0.2, 0.25) is 0 Å². The molecule has 3 atom stereocenters. The maximum Gasteiger partial charge on any atom is 0.336 e. The average molecular weight is 462 g/mol. The lowest BCUT2D eigenvalue weighted by molar-refractivity contribution is -0.138. The van der Waals surface area contributed by atoms with Crippen molar-refractivity contribution in [2.24, 2.45) is 0 Å². The van der Waals surface area contributed by atoms with Gasteiger partial charge in [0.15, 0.2) is 17.3 Å². The Morgan fingerprint density at radius 2 is 1.97 bits per heavy atom. The van der Waals surface area contributed by atoms with Gasteiger partial charge in [0, 0.05) is 22.7 Å². The number of thiazole rings is 2. The lowest BCUT2D eigenvalue weighted by Crippen LogP contribution is -2.47. The topological polar surface area (TPSA) is 134 Å². The number of nitrogens with zero attached hydrogens (tertiary/aromatic N) is 2. The summed E-state index contributed by atoms with van der Waals surface area (Å²) in [7, 11) is 0. The fraction of sp³-hybridized carbons (Fsp3) is 0.211. The molecule has 4 rings (SSSR count). The number of epoxide rings is 1. The monoisotopic (exact) mass is 462 g/mol. The highest BCUT2D eigenvalue weighted by molar-refractivity contribution is 7.14. The maximum atomic E-state index is 13.1. The zero-order chi connectivity index (χ0) is 22.0. The number of nitrogens with one attached hydrogen (secondary N) is 2. The Bertz CT molecular complexity index is 1100. The van der Waals surface area contributed by atoms with E-state index in [1.807, 2.05) is 0 Å². The van der Waals surface area contributed by atoms with Crippen molar-refractivity contribution in [1.82, 2.24) is 15.3 Å². The third-order valence-electron chi connectivity index (χ3n) is 4.40. The second-order valence-corrected chi connectivity index (χ2v) is 8.17. The van der Waals surface area contributed by atoms with Gasteiger partial charge in [-0.2, -0.15) is 0 Å². The van der Waals surface area contributed by atoms with Crippen LogP contribution in [0.25, 0.3) is 11.3 Å². The van der Waals surface area contributed by atoms with Gasteiger partial charge in [0.1, 0.15) is 11.9 Å². The molecule has 160 valence electrons. The quantitative estimate of drug-likeness (QED) is 0.436. The summed E-state index contributed by atoms with van der Waals surface area (Å²) in [5, 5.41) is 17.8. The number of hydrogen-bond donors (Lipinski definition) is 3. The van der Waals surface area contributed by atoms with Crippen molar-refractivity contribution in [2.75, 3.05) is 5.32 Å². The molecule has 31 heavy (non-hydrogen) atoms. The number of anilines is 1. The van der Waals surface area contributed by atoms with E-state index in [2.05, 4.69) is 20.6 Å². The molecule has 12 heteroatoms. The molecular formula is C19H15FN4O5S2. The number of hydrogen-bond acceptors (Lipinski definition) is 8. The van der Waals surface area contributed by atoms with E-state index in [1.165, 1.54) is 34.8 Å². The van der Waals surface area contributed by atoms with Crippen molar-refractivity contribution in [2.45, 2.75) is 24.7 Å². The number of halogens is 1. The van der Waals surface area contributed by atoms with Gasteiger partial charge in [-0.3, -0.25) is 9.59 Å². The Hall–Kier alpha value is -3.22. The molecule has 2 amide bonds. The van der Waals surface area contributed by atoms with Gasteiger partial charge in [0.2, 0.25) is 5.91 Å². The molecule has 3 heterocycles. The van der Waals surface area contributed by atoms with E-state index in [4.69, 9.17) is 9.84 Å². The molecule has 2 aromatic heterocycles. The van der Waals surface area contributed by atoms with E-state index >= 15 is 0 Å². The molecule has 0 spiro atoms. The molecule has 0 radical (unpaired) electrons. The number of ether oxygens (including phenoxy) is 1. The number of amides is 2. The number of carboxylic acids is 1. The molecule has 0 bridgehead atoms. The van der Waals surface area contributed by atoms with Gasteiger partial charge in [-0.25, -0.2) is 19.2 Å². The van der Waals surface area contributed by atoms with Crippen LogP contribution >= 0.6 is 22.7 Å². The molecular weight excluding hydrogens is 447 g/mol. The molecule has 1 fully saturated rings. The van der Waals surface area contributed by atoms with Crippen LogP contribution < -0.4 is 10.6 Å². The second kappa shape index (κ2) is 8.88. The van der Waals surface area contributed by atoms with E-state index in [-0.39, 0.29) is 12.2 Å². The Kier molecular flexibility index (Phi) is 6.02. The normalized spacial score (nSPS) is 18.2. The number of rotatable bonds is 8. The zero-order valence-corrected chi connectivity index (χ0v) is 17.3. The van der Waals surface area contributed by atoms with Gasteiger partial charge < -0.3 is 20.5 Å². The third kappa shape index (κ3) is 5.10. The largest absolute Gasteiger partial charge is 0.479 e. The Morgan fingerprint density at radius 3 is 2.61 bits per heavy atom. The Balaban J connectivity index is 1.45. The third-order valence-corrected chi connectivity index (χ3v) is 5.79. The van der Waals surface area contributed by atoms with Gasteiger partial charge in [0.05, 0.1) is 16.9 Å². The standard InChI is InChI=1S/C19H15FN4O5S2/c20-10-3-1-9(2-4-10)13-7-31-19(23-13)24-16(25)12(5-11-6-30-8-21-11)22-17(26)14-15(29-14)18(27)28/h1-4,6-8,12,14-15H,5H2,(H,22,26)(H,27,28)(H,23,24,25)/t12-,14?,15?/m0/s1. The van der Waals surface area contributed by atoms with Crippen LogP contribution in [-0.4, -0.2) is 51.1 Å². The van der Waals surface area contributed by atoms with Crippen molar-refractivity contribution in [3.05, 3.63) is 52.0 Å². The van der Waals surface area contributed by atoms with E-state index in [0.29, 0.717) is 22.1 Å². The fourth-order valence-electron chi connectivity index (χ4n) is 2.79. The smallest absolute Gasteiger partial charge is 0.336 e. The molecule has 9 nitrogen and oxygen atoms in total. The van der Waals surface area contributed by atoms with Crippen LogP contribution in [0.15, 0.2) is 40.5 Å². The van der Waals surface area contributed by atoms with Crippen molar-refractivity contribution >= 4 is 45.6 Å². The number of aromatic nitrogens is 2. The number of carbonyl (C=O) groups excluding carboxylic acids is 2. The minimum absolute atomic E-state index is 0.113. The lowest BCUT2D eigenvalue weighted by Gasteiger charge is -2.16.